The van der Waals surface area contributed by atoms with Gasteiger partial charge in [-0.1, -0.05) is 112 Å². The molecule has 4 aromatic carbocycles. The van der Waals surface area contributed by atoms with Crippen molar-refractivity contribution in [1.29, 1.82) is 0 Å². The lowest BCUT2D eigenvalue weighted by Gasteiger charge is -2.31. The van der Waals surface area contributed by atoms with Crippen molar-refractivity contribution in [1.82, 2.24) is 0 Å². The van der Waals surface area contributed by atoms with E-state index in [1.54, 1.807) is 0 Å². The van der Waals surface area contributed by atoms with Crippen molar-refractivity contribution in [2.45, 2.75) is 32.8 Å². The lowest BCUT2D eigenvalue weighted by atomic mass is 9.75. The minimum absolute atomic E-state index is 0.0928. The lowest BCUT2D eigenvalue weighted by molar-refractivity contribution is 0.0632. The molecule has 1 N–H and O–H groups in total. The van der Waals surface area contributed by atoms with Gasteiger partial charge in [0.25, 0.3) is 0 Å². The van der Waals surface area contributed by atoms with Crippen LogP contribution in [0.25, 0.3) is 22.4 Å². The van der Waals surface area contributed by atoms with Gasteiger partial charge in [-0.3, -0.25) is 0 Å². The Labute approximate surface area is 184 Å². The second kappa shape index (κ2) is 7.51. The Balaban J connectivity index is 1.81. The number of benzene rings is 4. The van der Waals surface area contributed by atoms with Crippen LogP contribution in [-0.2, 0) is 0 Å². The fraction of sp³-hybridized carbons (Fsp3) is 0.200. The molecule has 0 bridgehead atoms. The van der Waals surface area contributed by atoms with Crippen LogP contribution >= 0.6 is 0 Å². The van der Waals surface area contributed by atoms with Crippen LogP contribution in [0.1, 0.15) is 60.6 Å². The average molecular weight is 405 g/mol. The van der Waals surface area contributed by atoms with Crippen LogP contribution in [0, 0.1) is 5.41 Å². The van der Waals surface area contributed by atoms with E-state index in [9.17, 15) is 5.11 Å². The van der Waals surface area contributed by atoms with Crippen molar-refractivity contribution < 1.29 is 5.11 Å². The van der Waals surface area contributed by atoms with Crippen molar-refractivity contribution in [3.8, 4) is 0 Å². The highest BCUT2D eigenvalue weighted by Gasteiger charge is 2.34. The Kier molecular flexibility index (Phi) is 4.79. The van der Waals surface area contributed by atoms with Gasteiger partial charge in [-0.25, -0.2) is 0 Å². The SMILES string of the molecule is CC(C)(C)C(O)c1c(C2C(c3ccccc3)=Cc3ccccc32)ccc2ccccc12. The fourth-order valence-corrected chi connectivity index (χ4v) is 4.84. The highest BCUT2D eigenvalue weighted by Crippen LogP contribution is 2.50. The van der Waals surface area contributed by atoms with Gasteiger partial charge >= 0.3 is 0 Å². The first-order valence-corrected chi connectivity index (χ1v) is 11.0. The first-order chi connectivity index (χ1) is 14.9. The van der Waals surface area contributed by atoms with E-state index in [1.165, 1.54) is 33.2 Å². The predicted octanol–water partition coefficient (Wildman–Crippen LogP) is 7.61. The third-order valence-electron chi connectivity index (χ3n) is 6.45. The Morgan fingerprint density at radius 1 is 0.710 bits per heavy atom. The summed E-state index contributed by atoms with van der Waals surface area (Å²) in [5.41, 5.74) is 7.06. The van der Waals surface area contributed by atoms with Crippen LogP contribution < -0.4 is 0 Å². The Bertz CT molecular complexity index is 1270. The maximum absolute atomic E-state index is 11.6. The molecule has 0 aliphatic heterocycles. The molecule has 4 aromatic rings. The second-order valence-electron chi connectivity index (χ2n) is 9.59. The van der Waals surface area contributed by atoms with Crippen LogP contribution in [-0.4, -0.2) is 5.11 Å². The van der Waals surface area contributed by atoms with E-state index < -0.39 is 6.10 Å². The molecule has 2 unspecified atom stereocenters. The zero-order valence-electron chi connectivity index (χ0n) is 18.3. The van der Waals surface area contributed by atoms with Gasteiger partial charge in [-0.2, -0.15) is 0 Å². The monoisotopic (exact) mass is 404 g/mol. The zero-order valence-corrected chi connectivity index (χ0v) is 18.3. The second-order valence-corrected chi connectivity index (χ2v) is 9.59. The smallest absolute Gasteiger partial charge is 0.0847 e. The summed E-state index contributed by atoms with van der Waals surface area (Å²) in [5.74, 6) is 0.0928. The molecule has 1 aliphatic rings. The standard InChI is InChI=1S/C30H28O/c1-30(2,3)29(31)28-23-15-9-7-13-21(23)17-18-25(28)27-24-16-10-8-14-22(24)19-26(27)20-11-5-4-6-12-20/h4-19,27,29,31H,1-3H3. The first-order valence-electron chi connectivity index (χ1n) is 11.0. The zero-order chi connectivity index (χ0) is 21.6. The van der Waals surface area contributed by atoms with E-state index in [1.807, 2.05) is 0 Å². The molecule has 0 spiro atoms. The van der Waals surface area contributed by atoms with Crippen molar-refractivity contribution >= 4 is 22.4 Å². The normalized spacial score (nSPS) is 16.8. The Hall–Kier alpha value is -3.16. The molecule has 154 valence electrons. The van der Waals surface area contributed by atoms with Gasteiger partial charge in [-0.05, 0) is 55.7 Å². The molecule has 0 radical (unpaired) electrons. The van der Waals surface area contributed by atoms with Crippen LogP contribution in [0.2, 0.25) is 0 Å². The van der Waals surface area contributed by atoms with E-state index in [4.69, 9.17) is 0 Å². The van der Waals surface area contributed by atoms with Crippen LogP contribution in [0.4, 0.5) is 0 Å². The predicted molar refractivity (Wildman–Crippen MR) is 131 cm³/mol. The maximum atomic E-state index is 11.6. The van der Waals surface area contributed by atoms with E-state index in [0.29, 0.717) is 0 Å². The highest BCUT2D eigenvalue weighted by molar-refractivity contribution is 5.96. The molecule has 0 saturated heterocycles. The van der Waals surface area contributed by atoms with E-state index in [-0.39, 0.29) is 11.3 Å². The third-order valence-corrected chi connectivity index (χ3v) is 6.45. The first kappa shape index (κ1) is 19.8. The molecule has 5 rings (SSSR count). The summed E-state index contributed by atoms with van der Waals surface area (Å²) >= 11 is 0. The van der Waals surface area contributed by atoms with E-state index in [2.05, 4.69) is 118 Å². The topological polar surface area (TPSA) is 20.2 Å². The fourth-order valence-electron chi connectivity index (χ4n) is 4.84. The molecule has 0 fully saturated rings. The quantitative estimate of drug-likeness (QED) is 0.373. The van der Waals surface area contributed by atoms with E-state index >= 15 is 0 Å². The number of hydrogen-bond acceptors (Lipinski definition) is 1. The Morgan fingerprint density at radius 3 is 2.16 bits per heavy atom. The number of allylic oxidation sites excluding steroid dienone is 1. The van der Waals surface area contributed by atoms with Crippen LogP contribution in [0.15, 0.2) is 91.0 Å². The number of aliphatic hydroxyl groups excluding tert-OH is 1. The van der Waals surface area contributed by atoms with Crippen molar-refractivity contribution in [3.63, 3.8) is 0 Å². The summed E-state index contributed by atoms with van der Waals surface area (Å²) in [6, 6.07) is 32.1. The van der Waals surface area contributed by atoms with Crippen molar-refractivity contribution in [2.24, 2.45) is 5.41 Å². The molecular formula is C30H28O. The summed E-state index contributed by atoms with van der Waals surface area (Å²) in [4.78, 5) is 0. The van der Waals surface area contributed by atoms with Gasteiger partial charge in [0.15, 0.2) is 0 Å². The molecule has 0 saturated carbocycles. The molecule has 0 amide bonds. The van der Waals surface area contributed by atoms with Crippen LogP contribution in [0.5, 0.6) is 0 Å². The average Bonchev–Trinajstić information content (AvgIpc) is 3.17. The molecule has 2 atom stereocenters. The Morgan fingerprint density at radius 2 is 1.39 bits per heavy atom. The summed E-state index contributed by atoms with van der Waals surface area (Å²) in [5, 5.41) is 13.9. The molecular weight excluding hydrogens is 376 g/mol. The molecule has 0 aromatic heterocycles. The number of rotatable bonds is 3. The summed E-state index contributed by atoms with van der Waals surface area (Å²) in [7, 11) is 0. The lowest BCUT2D eigenvalue weighted by Crippen LogP contribution is -2.21. The number of hydrogen-bond donors (Lipinski definition) is 1. The minimum Gasteiger partial charge on any atom is -0.388 e. The number of aliphatic hydroxyl groups is 1. The highest BCUT2D eigenvalue weighted by atomic mass is 16.3. The maximum Gasteiger partial charge on any atom is 0.0847 e. The van der Waals surface area contributed by atoms with Crippen molar-refractivity contribution in [3.05, 3.63) is 119 Å². The molecule has 1 heteroatoms. The van der Waals surface area contributed by atoms with Gasteiger partial charge in [0.2, 0.25) is 0 Å². The third kappa shape index (κ3) is 3.40. The van der Waals surface area contributed by atoms with E-state index in [0.717, 1.165) is 10.9 Å². The van der Waals surface area contributed by atoms with Gasteiger partial charge in [0.1, 0.15) is 0 Å². The van der Waals surface area contributed by atoms with Gasteiger partial charge in [0.05, 0.1) is 6.10 Å². The van der Waals surface area contributed by atoms with Gasteiger partial charge in [0, 0.05) is 5.92 Å². The molecule has 31 heavy (non-hydrogen) atoms. The van der Waals surface area contributed by atoms with Crippen molar-refractivity contribution in [2.75, 3.05) is 0 Å². The summed E-state index contributed by atoms with van der Waals surface area (Å²) < 4.78 is 0. The summed E-state index contributed by atoms with van der Waals surface area (Å²) in [6.45, 7) is 6.33. The number of fused-ring (bicyclic) bond motifs is 2. The van der Waals surface area contributed by atoms with Crippen LogP contribution in [0.3, 0.4) is 0 Å². The molecule has 1 nitrogen and oxygen atoms in total. The largest absolute Gasteiger partial charge is 0.388 e. The minimum atomic E-state index is -0.571. The van der Waals surface area contributed by atoms with Gasteiger partial charge in [-0.15, -0.1) is 0 Å². The van der Waals surface area contributed by atoms with Gasteiger partial charge < -0.3 is 5.11 Å². The molecule has 1 aliphatic carbocycles. The summed E-state index contributed by atoms with van der Waals surface area (Å²) in [6.07, 6.45) is 1.75. The molecule has 0 heterocycles.